The van der Waals surface area contributed by atoms with Crippen molar-refractivity contribution in [1.29, 1.82) is 0 Å². The highest BCUT2D eigenvalue weighted by Crippen LogP contribution is 2.23. The van der Waals surface area contributed by atoms with Crippen LogP contribution in [-0.2, 0) is 5.75 Å². The van der Waals surface area contributed by atoms with E-state index in [9.17, 15) is 0 Å². The third kappa shape index (κ3) is 3.22. The molecule has 0 aliphatic carbocycles. The Balaban J connectivity index is 1.76. The molecule has 21 heavy (non-hydrogen) atoms. The lowest BCUT2D eigenvalue weighted by molar-refractivity contribution is 0.413. The molecule has 2 aromatic heterocycles. The van der Waals surface area contributed by atoms with Gasteiger partial charge in [0.05, 0.1) is 12.8 Å². The molecule has 6 heteroatoms. The lowest BCUT2D eigenvalue weighted by Gasteiger charge is -2.06. The number of pyridine rings is 1. The van der Waals surface area contributed by atoms with Crippen molar-refractivity contribution in [3.8, 4) is 11.4 Å². The zero-order valence-electron chi connectivity index (χ0n) is 11.5. The molecule has 0 amide bonds. The maximum absolute atomic E-state index is 5.20. The van der Waals surface area contributed by atoms with Crippen LogP contribution in [0.15, 0.2) is 60.1 Å². The van der Waals surface area contributed by atoms with E-state index in [1.807, 2.05) is 47.0 Å². The molecule has 0 atom stereocenters. The fourth-order valence-corrected chi connectivity index (χ4v) is 2.72. The fourth-order valence-electron chi connectivity index (χ4n) is 1.89. The van der Waals surface area contributed by atoms with Gasteiger partial charge in [0.15, 0.2) is 5.16 Å². The topological polar surface area (TPSA) is 52.8 Å². The van der Waals surface area contributed by atoms with Crippen LogP contribution in [0.2, 0.25) is 0 Å². The summed E-state index contributed by atoms with van der Waals surface area (Å²) < 4.78 is 7.17. The fraction of sp³-hybridized carbons (Fsp3) is 0.133. The zero-order valence-corrected chi connectivity index (χ0v) is 12.3. The predicted molar refractivity (Wildman–Crippen MR) is 81.7 cm³/mol. The molecule has 1 aromatic carbocycles. The number of benzene rings is 1. The van der Waals surface area contributed by atoms with Gasteiger partial charge in [-0.1, -0.05) is 30.0 Å². The largest absolute Gasteiger partial charge is 0.497 e. The Kier molecular flexibility index (Phi) is 4.16. The van der Waals surface area contributed by atoms with Crippen molar-refractivity contribution in [3.63, 3.8) is 0 Å². The first-order valence-corrected chi connectivity index (χ1v) is 7.42. The van der Waals surface area contributed by atoms with Crippen LogP contribution in [0, 0.1) is 0 Å². The molecule has 0 bridgehead atoms. The SMILES string of the molecule is COc1ccnc(CSc2nncn2-c2ccccc2)c1. The second-order valence-corrected chi connectivity index (χ2v) is 5.24. The van der Waals surface area contributed by atoms with Crippen molar-refractivity contribution >= 4 is 11.8 Å². The van der Waals surface area contributed by atoms with E-state index in [0.29, 0.717) is 5.75 Å². The van der Waals surface area contributed by atoms with E-state index in [1.54, 1.807) is 31.4 Å². The van der Waals surface area contributed by atoms with Crippen LogP contribution < -0.4 is 4.74 Å². The van der Waals surface area contributed by atoms with Gasteiger partial charge in [-0.2, -0.15) is 0 Å². The van der Waals surface area contributed by atoms with Crippen molar-refractivity contribution in [2.45, 2.75) is 10.9 Å². The number of rotatable bonds is 5. The first-order valence-electron chi connectivity index (χ1n) is 6.44. The van der Waals surface area contributed by atoms with Gasteiger partial charge >= 0.3 is 0 Å². The average Bonchev–Trinajstić information content (AvgIpc) is 3.02. The van der Waals surface area contributed by atoms with Gasteiger partial charge in [0.1, 0.15) is 12.1 Å². The summed E-state index contributed by atoms with van der Waals surface area (Å²) in [6.45, 7) is 0. The lowest BCUT2D eigenvalue weighted by atomic mass is 10.3. The molecule has 106 valence electrons. The van der Waals surface area contributed by atoms with Gasteiger partial charge in [0.25, 0.3) is 0 Å². The van der Waals surface area contributed by atoms with E-state index in [1.165, 1.54) is 0 Å². The molecule has 2 heterocycles. The van der Waals surface area contributed by atoms with Crippen LogP contribution >= 0.6 is 11.8 Å². The number of hydrogen-bond donors (Lipinski definition) is 0. The van der Waals surface area contributed by atoms with E-state index in [0.717, 1.165) is 22.3 Å². The quantitative estimate of drug-likeness (QED) is 0.678. The molecule has 0 N–H and O–H groups in total. The molecular weight excluding hydrogens is 284 g/mol. The third-order valence-corrected chi connectivity index (χ3v) is 3.90. The first kappa shape index (κ1) is 13.6. The second kappa shape index (κ2) is 6.41. The van der Waals surface area contributed by atoms with Crippen molar-refractivity contribution < 1.29 is 4.74 Å². The molecule has 3 rings (SSSR count). The molecule has 0 aliphatic heterocycles. The van der Waals surface area contributed by atoms with E-state index in [4.69, 9.17) is 4.74 Å². The molecule has 0 aliphatic rings. The molecule has 3 aromatic rings. The van der Waals surface area contributed by atoms with Gasteiger partial charge in [-0.25, -0.2) is 0 Å². The zero-order chi connectivity index (χ0) is 14.5. The van der Waals surface area contributed by atoms with Gasteiger partial charge in [-0.05, 0) is 18.2 Å². The second-order valence-electron chi connectivity index (χ2n) is 4.29. The van der Waals surface area contributed by atoms with Gasteiger partial charge < -0.3 is 4.74 Å². The van der Waals surface area contributed by atoms with Crippen molar-refractivity contribution in [2.24, 2.45) is 0 Å². The molecule has 0 fully saturated rings. The van der Waals surface area contributed by atoms with Crippen LogP contribution in [-0.4, -0.2) is 26.9 Å². The van der Waals surface area contributed by atoms with Crippen LogP contribution in [0.1, 0.15) is 5.69 Å². The van der Waals surface area contributed by atoms with Crippen LogP contribution in [0.5, 0.6) is 5.75 Å². The minimum atomic E-state index is 0.711. The summed E-state index contributed by atoms with van der Waals surface area (Å²) in [5, 5.41) is 9.00. The van der Waals surface area contributed by atoms with Gasteiger partial charge in [-0.3, -0.25) is 9.55 Å². The predicted octanol–water partition coefficient (Wildman–Crippen LogP) is 2.96. The third-order valence-electron chi connectivity index (χ3n) is 2.92. The number of para-hydroxylation sites is 1. The molecule has 5 nitrogen and oxygen atoms in total. The molecular formula is C15H14N4OS. The lowest BCUT2D eigenvalue weighted by Crippen LogP contribution is -1.95. The Hall–Kier alpha value is -2.34. The molecule has 0 spiro atoms. The van der Waals surface area contributed by atoms with Crippen molar-refractivity contribution in [3.05, 3.63) is 60.7 Å². The normalized spacial score (nSPS) is 10.5. The smallest absolute Gasteiger partial charge is 0.195 e. The van der Waals surface area contributed by atoms with Gasteiger partial charge in [0.2, 0.25) is 0 Å². The standard InChI is InChI=1S/C15H14N4OS/c1-20-14-7-8-16-12(9-14)10-21-15-18-17-11-19(15)13-5-3-2-4-6-13/h2-9,11H,10H2,1H3. The van der Waals surface area contributed by atoms with Crippen molar-refractivity contribution in [2.75, 3.05) is 7.11 Å². The van der Waals surface area contributed by atoms with Crippen LogP contribution in [0.25, 0.3) is 5.69 Å². The van der Waals surface area contributed by atoms with Crippen LogP contribution in [0.4, 0.5) is 0 Å². The Bertz CT molecular complexity index is 714. The summed E-state index contributed by atoms with van der Waals surface area (Å²) in [6.07, 6.45) is 3.47. The van der Waals surface area contributed by atoms with E-state index in [2.05, 4.69) is 15.2 Å². The Morgan fingerprint density at radius 1 is 1.19 bits per heavy atom. The number of aromatic nitrogens is 4. The summed E-state index contributed by atoms with van der Waals surface area (Å²) in [4.78, 5) is 4.33. The van der Waals surface area contributed by atoms with E-state index in [-0.39, 0.29) is 0 Å². The number of ether oxygens (including phenoxy) is 1. The minimum absolute atomic E-state index is 0.711. The Morgan fingerprint density at radius 2 is 2.05 bits per heavy atom. The Labute approximate surface area is 127 Å². The number of thioether (sulfide) groups is 1. The number of nitrogens with zero attached hydrogens (tertiary/aromatic N) is 4. The number of methoxy groups -OCH3 is 1. The average molecular weight is 298 g/mol. The highest BCUT2D eigenvalue weighted by atomic mass is 32.2. The monoisotopic (exact) mass is 298 g/mol. The van der Waals surface area contributed by atoms with Gasteiger partial charge in [-0.15, -0.1) is 10.2 Å². The molecule has 0 radical (unpaired) electrons. The van der Waals surface area contributed by atoms with Gasteiger partial charge in [0, 0.05) is 23.7 Å². The summed E-state index contributed by atoms with van der Waals surface area (Å²) in [5.41, 5.74) is 1.99. The Morgan fingerprint density at radius 3 is 2.86 bits per heavy atom. The first-order chi connectivity index (χ1) is 10.4. The number of hydrogen-bond acceptors (Lipinski definition) is 5. The molecule has 0 unspecified atom stereocenters. The molecule has 0 saturated heterocycles. The maximum atomic E-state index is 5.20. The maximum Gasteiger partial charge on any atom is 0.195 e. The summed E-state index contributed by atoms with van der Waals surface area (Å²) in [7, 11) is 1.65. The van der Waals surface area contributed by atoms with Crippen LogP contribution in [0.3, 0.4) is 0 Å². The van der Waals surface area contributed by atoms with Crippen molar-refractivity contribution in [1.82, 2.24) is 19.7 Å². The molecule has 0 saturated carbocycles. The highest BCUT2D eigenvalue weighted by molar-refractivity contribution is 7.98. The highest BCUT2D eigenvalue weighted by Gasteiger charge is 2.08. The summed E-state index contributed by atoms with van der Waals surface area (Å²) >= 11 is 1.59. The van der Waals surface area contributed by atoms with E-state index < -0.39 is 0 Å². The van der Waals surface area contributed by atoms with E-state index >= 15 is 0 Å². The summed E-state index contributed by atoms with van der Waals surface area (Å²) in [5.74, 6) is 1.52. The summed E-state index contributed by atoms with van der Waals surface area (Å²) in [6, 6.07) is 13.8. The minimum Gasteiger partial charge on any atom is -0.497 e.